The minimum atomic E-state index is -4.88. The number of esters is 1. The van der Waals surface area contributed by atoms with Crippen LogP contribution in [0.15, 0.2) is 30.3 Å². The average Bonchev–Trinajstić information content (AvgIpc) is 3.41. The number of carbonyl (C=O) groups is 1. The Hall–Kier alpha value is -1.82. The summed E-state index contributed by atoms with van der Waals surface area (Å²) in [5.74, 6) is 0.869. The molecule has 190 valence electrons. The van der Waals surface area contributed by atoms with Gasteiger partial charge >= 0.3 is 12.1 Å². The number of ether oxygens (including phenoxy) is 2. The maximum atomic E-state index is 14.1. The molecule has 1 unspecified atom stereocenters. The molecule has 1 aromatic carbocycles. The predicted molar refractivity (Wildman–Crippen MR) is 129 cm³/mol. The number of rotatable bonds is 10. The lowest BCUT2D eigenvalue weighted by Gasteiger charge is -2.42. The van der Waals surface area contributed by atoms with Gasteiger partial charge in [-0.1, -0.05) is 77.8 Å². The lowest BCUT2D eigenvalue weighted by Crippen LogP contribution is -2.50. The molecule has 34 heavy (non-hydrogen) atoms. The van der Waals surface area contributed by atoms with Crippen molar-refractivity contribution in [2.75, 3.05) is 6.61 Å². The number of carbonyl (C=O) groups excluding carboxylic acids is 1. The zero-order valence-electron chi connectivity index (χ0n) is 21.3. The molecule has 0 saturated carbocycles. The van der Waals surface area contributed by atoms with E-state index in [9.17, 15) is 18.0 Å². The number of alkyl halides is 3. The van der Waals surface area contributed by atoms with Gasteiger partial charge in [0.25, 0.3) is 0 Å². The van der Waals surface area contributed by atoms with Gasteiger partial charge in [-0.25, -0.2) is 0 Å². The second kappa shape index (κ2) is 10.0. The van der Waals surface area contributed by atoms with E-state index in [2.05, 4.69) is 47.5 Å². The third kappa shape index (κ3) is 4.93. The molecule has 0 spiro atoms. The molecule has 0 bridgehead atoms. The van der Waals surface area contributed by atoms with Gasteiger partial charge in [0, 0.05) is 0 Å². The molecule has 4 atom stereocenters. The highest BCUT2D eigenvalue weighted by Crippen LogP contribution is 2.47. The van der Waals surface area contributed by atoms with E-state index in [4.69, 9.17) is 20.3 Å². The van der Waals surface area contributed by atoms with Crippen LogP contribution >= 0.6 is 0 Å². The number of epoxide rings is 1. The second-order valence-electron chi connectivity index (χ2n) is 10.4. The molecule has 1 saturated heterocycles. The highest BCUT2D eigenvalue weighted by Gasteiger charge is 2.64. The topological polar surface area (TPSA) is 48.1 Å². The molecule has 2 rings (SSSR count). The Morgan fingerprint density at radius 2 is 1.62 bits per heavy atom. The summed E-state index contributed by atoms with van der Waals surface area (Å²) in [6.07, 6.45) is -1.03. The molecule has 8 heteroatoms. The number of hydrogen-bond acceptors (Lipinski definition) is 4. The van der Waals surface area contributed by atoms with Crippen LogP contribution < -0.4 is 0 Å². The van der Waals surface area contributed by atoms with Gasteiger partial charge in [-0.3, -0.25) is 4.79 Å². The van der Waals surface area contributed by atoms with Gasteiger partial charge < -0.3 is 13.9 Å². The van der Waals surface area contributed by atoms with Gasteiger partial charge in [0.15, 0.2) is 19.8 Å². The lowest BCUT2D eigenvalue weighted by molar-refractivity contribution is -0.208. The quantitative estimate of drug-likeness (QED) is 0.162. The fraction of sp³-hybridized carbons (Fsp3) is 0.654. The Morgan fingerprint density at radius 1 is 1.12 bits per heavy atom. The van der Waals surface area contributed by atoms with Crippen LogP contribution in [0.1, 0.15) is 61.0 Å². The van der Waals surface area contributed by atoms with Crippen molar-refractivity contribution in [1.29, 1.82) is 0 Å². The summed E-state index contributed by atoms with van der Waals surface area (Å²) >= 11 is 0. The second-order valence-corrected chi connectivity index (χ2v) is 15.8. The lowest BCUT2D eigenvalue weighted by atomic mass is 9.81. The van der Waals surface area contributed by atoms with Crippen molar-refractivity contribution in [3.63, 3.8) is 0 Å². The zero-order chi connectivity index (χ0) is 26.1. The summed E-state index contributed by atoms with van der Waals surface area (Å²) in [4.78, 5) is 12.9. The minimum Gasteiger partial charge on any atom is -0.445 e. The van der Waals surface area contributed by atoms with E-state index < -0.39 is 43.7 Å². The first-order chi connectivity index (χ1) is 15.6. The zero-order valence-corrected chi connectivity index (χ0v) is 22.3. The normalized spacial score (nSPS) is 23.5. The van der Waals surface area contributed by atoms with Crippen LogP contribution in [0.2, 0.25) is 16.6 Å². The molecule has 0 aromatic heterocycles. The van der Waals surface area contributed by atoms with Gasteiger partial charge in [-0.2, -0.15) is 13.2 Å². The van der Waals surface area contributed by atoms with Crippen molar-refractivity contribution in [2.24, 2.45) is 0 Å². The van der Waals surface area contributed by atoms with Crippen molar-refractivity contribution in [1.82, 2.24) is 0 Å². The molecule has 0 aliphatic carbocycles. The van der Waals surface area contributed by atoms with Crippen LogP contribution in [0.3, 0.4) is 0 Å². The van der Waals surface area contributed by atoms with E-state index in [1.54, 1.807) is 13.0 Å². The molecule has 0 radical (unpaired) electrons. The van der Waals surface area contributed by atoms with Crippen LogP contribution in [0.25, 0.3) is 0 Å². The molecule has 1 fully saturated rings. The standard InChI is InChI=1S/C26H37F3O4Si/c1-10-21(32-23(30)24(8,26(27,28)29)20-14-12-11-13-15-20)25(9)22(33-25)16-31-34(17(2)3,18(4)5)19(6)7/h1,11-15,17-19,21-22H,16H2,2-9H3/t21-,22-,24+,25?/m0/s1. The molecule has 0 amide bonds. The first-order valence-corrected chi connectivity index (χ1v) is 13.8. The molecule has 4 nitrogen and oxygen atoms in total. The number of halogens is 3. The van der Waals surface area contributed by atoms with Crippen molar-refractivity contribution >= 4 is 14.3 Å². The van der Waals surface area contributed by atoms with E-state index in [0.29, 0.717) is 16.6 Å². The van der Waals surface area contributed by atoms with E-state index >= 15 is 0 Å². The van der Waals surface area contributed by atoms with E-state index in [0.717, 1.165) is 6.92 Å². The highest BCUT2D eigenvalue weighted by molar-refractivity contribution is 6.77. The van der Waals surface area contributed by atoms with Gasteiger partial charge in [-0.05, 0) is 36.0 Å². The Kier molecular flexibility index (Phi) is 8.39. The fourth-order valence-electron chi connectivity index (χ4n) is 5.13. The van der Waals surface area contributed by atoms with E-state index in [1.807, 2.05) is 0 Å². The smallest absolute Gasteiger partial charge is 0.408 e. The Labute approximate surface area is 202 Å². The number of hydrogen-bond donors (Lipinski definition) is 0. The van der Waals surface area contributed by atoms with E-state index in [1.165, 1.54) is 24.3 Å². The van der Waals surface area contributed by atoms with Crippen LogP contribution in [-0.4, -0.2) is 44.9 Å². The van der Waals surface area contributed by atoms with Gasteiger partial charge in [0.1, 0.15) is 11.7 Å². The van der Waals surface area contributed by atoms with Crippen molar-refractivity contribution in [2.45, 2.75) is 101 Å². The molecule has 1 aliphatic rings. The summed E-state index contributed by atoms with van der Waals surface area (Å²) < 4.78 is 59.8. The largest absolute Gasteiger partial charge is 0.445 e. The summed E-state index contributed by atoms with van der Waals surface area (Å²) in [6.45, 7) is 15.7. The van der Waals surface area contributed by atoms with Crippen LogP contribution in [0.4, 0.5) is 13.2 Å². The van der Waals surface area contributed by atoms with Crippen LogP contribution in [-0.2, 0) is 24.1 Å². The Morgan fingerprint density at radius 3 is 2.03 bits per heavy atom. The minimum absolute atomic E-state index is 0.216. The van der Waals surface area contributed by atoms with E-state index in [-0.39, 0.29) is 12.2 Å². The van der Waals surface area contributed by atoms with Crippen molar-refractivity contribution in [3.05, 3.63) is 35.9 Å². The maximum Gasteiger partial charge on any atom is 0.408 e. The summed E-state index contributed by atoms with van der Waals surface area (Å²) in [5, 5.41) is 0. The number of terminal acetylenes is 1. The Bertz CT molecular complexity index is 872. The van der Waals surface area contributed by atoms with Crippen LogP contribution in [0, 0.1) is 12.3 Å². The molecule has 1 heterocycles. The number of benzene rings is 1. The van der Waals surface area contributed by atoms with Gasteiger partial charge in [0.2, 0.25) is 0 Å². The van der Waals surface area contributed by atoms with Gasteiger partial charge in [-0.15, -0.1) is 6.42 Å². The summed E-state index contributed by atoms with van der Waals surface area (Å²) in [7, 11) is -2.18. The summed E-state index contributed by atoms with van der Waals surface area (Å²) in [6, 6.07) is 6.96. The molecular weight excluding hydrogens is 461 g/mol. The summed E-state index contributed by atoms with van der Waals surface area (Å²) in [5.41, 5.74) is -3.12. The average molecular weight is 499 g/mol. The molecule has 0 N–H and O–H groups in total. The maximum absolute atomic E-state index is 14.1. The monoisotopic (exact) mass is 498 g/mol. The first kappa shape index (κ1) is 28.4. The van der Waals surface area contributed by atoms with Gasteiger partial charge in [0.05, 0.1) is 6.61 Å². The third-order valence-electron chi connectivity index (χ3n) is 7.39. The SMILES string of the molecule is C#C[C@H](OC(=O)[C@@](C)(c1ccccc1)C(F)(F)F)C1(C)O[C@H]1CO[Si](C(C)C)(C(C)C)C(C)C. The third-order valence-corrected chi connectivity index (χ3v) is 13.5. The van der Waals surface area contributed by atoms with Crippen molar-refractivity contribution in [3.8, 4) is 12.3 Å². The molecule has 1 aromatic rings. The predicted octanol–water partition coefficient (Wildman–Crippen LogP) is 6.40. The first-order valence-electron chi connectivity index (χ1n) is 11.7. The molecule has 1 aliphatic heterocycles. The highest BCUT2D eigenvalue weighted by atomic mass is 28.4. The molecular formula is C26H37F3O4Si. The fourth-order valence-corrected chi connectivity index (χ4v) is 10.6. The Balaban J connectivity index is 2.21. The van der Waals surface area contributed by atoms with Crippen LogP contribution in [0.5, 0.6) is 0 Å². The van der Waals surface area contributed by atoms with Crippen molar-refractivity contribution < 1.29 is 31.9 Å².